The molecule has 0 amide bonds. The molecule has 5 heteroatoms. The molecule has 2 radical (unpaired) electrons. The Morgan fingerprint density at radius 2 is 1.77 bits per heavy atom. The number of hydrogen-bond acceptors (Lipinski definition) is 2. The Balaban J connectivity index is 3.20. The SMILES string of the molecule is O=C(O)c1ccc(C(=O)O)c([As])c1. The number of hydrogen-bond donors (Lipinski definition) is 2. The van der Waals surface area contributed by atoms with Gasteiger partial charge in [-0.05, 0) is 0 Å². The van der Waals surface area contributed by atoms with Crippen LogP contribution in [0.15, 0.2) is 18.2 Å². The second kappa shape index (κ2) is 3.62. The second-order valence-electron chi connectivity index (χ2n) is 2.34. The van der Waals surface area contributed by atoms with Crippen LogP contribution in [0.5, 0.6) is 0 Å². The average molecular weight is 240 g/mol. The Hall–Kier alpha value is -1.28. The van der Waals surface area contributed by atoms with Crippen molar-refractivity contribution in [3.05, 3.63) is 29.3 Å². The molecule has 1 rings (SSSR count). The van der Waals surface area contributed by atoms with E-state index in [1.165, 1.54) is 18.2 Å². The van der Waals surface area contributed by atoms with Crippen LogP contribution in [0.2, 0.25) is 0 Å². The fourth-order valence-electron chi connectivity index (χ4n) is 0.846. The van der Waals surface area contributed by atoms with Crippen LogP contribution in [-0.4, -0.2) is 39.0 Å². The Bertz CT molecular complexity index is 372. The van der Waals surface area contributed by atoms with Crippen molar-refractivity contribution < 1.29 is 19.8 Å². The van der Waals surface area contributed by atoms with Crippen molar-refractivity contribution in [1.82, 2.24) is 0 Å². The van der Waals surface area contributed by atoms with Crippen molar-refractivity contribution in [3.63, 3.8) is 0 Å². The van der Waals surface area contributed by atoms with E-state index in [9.17, 15) is 9.59 Å². The van der Waals surface area contributed by atoms with Gasteiger partial charge >= 0.3 is 82.3 Å². The molecule has 0 aromatic heterocycles. The molecule has 0 atom stereocenters. The number of carbonyl (C=O) groups is 2. The van der Waals surface area contributed by atoms with Gasteiger partial charge in [-0.25, -0.2) is 0 Å². The fourth-order valence-corrected chi connectivity index (χ4v) is 1.49. The van der Waals surface area contributed by atoms with Gasteiger partial charge in [-0.15, -0.1) is 0 Å². The molecular weight excluding hydrogens is 235 g/mol. The molecule has 2 N–H and O–H groups in total. The van der Waals surface area contributed by atoms with Crippen LogP contribution < -0.4 is 4.35 Å². The van der Waals surface area contributed by atoms with E-state index in [0.717, 1.165) is 0 Å². The van der Waals surface area contributed by atoms with Crippen molar-refractivity contribution >= 4 is 33.1 Å². The van der Waals surface area contributed by atoms with Gasteiger partial charge in [0.25, 0.3) is 0 Å². The molecule has 0 saturated carbocycles. The molecule has 0 spiro atoms. The summed E-state index contributed by atoms with van der Waals surface area (Å²) in [6.45, 7) is 0. The summed E-state index contributed by atoms with van der Waals surface area (Å²) in [5.74, 6) is -2.13. The second-order valence-corrected chi connectivity index (χ2v) is 3.35. The molecule has 1 aromatic rings. The van der Waals surface area contributed by atoms with Gasteiger partial charge in [0.15, 0.2) is 0 Å². The van der Waals surface area contributed by atoms with E-state index in [1.54, 1.807) is 0 Å². The Kier molecular flexibility index (Phi) is 2.73. The molecule has 0 saturated heterocycles. The van der Waals surface area contributed by atoms with Crippen LogP contribution in [0, 0.1) is 0 Å². The van der Waals surface area contributed by atoms with Crippen molar-refractivity contribution in [1.29, 1.82) is 0 Å². The maximum atomic E-state index is 10.5. The van der Waals surface area contributed by atoms with Gasteiger partial charge in [0.2, 0.25) is 0 Å². The zero-order valence-corrected chi connectivity index (χ0v) is 8.27. The number of carboxylic acids is 2. The van der Waals surface area contributed by atoms with Gasteiger partial charge in [0.05, 0.1) is 0 Å². The van der Waals surface area contributed by atoms with E-state index in [0.29, 0.717) is 4.35 Å². The van der Waals surface area contributed by atoms with Crippen LogP contribution in [-0.2, 0) is 0 Å². The van der Waals surface area contributed by atoms with E-state index in [4.69, 9.17) is 10.2 Å². The Morgan fingerprint density at radius 3 is 2.15 bits per heavy atom. The van der Waals surface area contributed by atoms with Crippen LogP contribution in [0.4, 0.5) is 0 Å². The van der Waals surface area contributed by atoms with E-state index in [2.05, 4.69) is 0 Å². The third-order valence-electron chi connectivity index (χ3n) is 1.48. The minimum absolute atomic E-state index is 0.0839. The molecule has 0 bridgehead atoms. The van der Waals surface area contributed by atoms with Crippen molar-refractivity contribution in [2.24, 2.45) is 0 Å². The quantitative estimate of drug-likeness (QED) is 0.706. The summed E-state index contributed by atoms with van der Waals surface area (Å²) in [6.07, 6.45) is 0. The zero-order valence-electron chi connectivity index (χ0n) is 6.39. The summed E-state index contributed by atoms with van der Waals surface area (Å²) in [5.41, 5.74) is 0.186. The topological polar surface area (TPSA) is 74.6 Å². The first-order valence-electron chi connectivity index (χ1n) is 3.32. The first-order valence-corrected chi connectivity index (χ1v) is 4.26. The number of benzene rings is 1. The monoisotopic (exact) mass is 240 g/mol. The molecule has 4 nitrogen and oxygen atoms in total. The summed E-state index contributed by atoms with van der Waals surface area (Å²) in [5, 5.41) is 17.2. The van der Waals surface area contributed by atoms with E-state index in [1.807, 2.05) is 16.9 Å². The number of carboxylic acid groups (broad SMARTS) is 2. The van der Waals surface area contributed by atoms with E-state index < -0.39 is 11.9 Å². The van der Waals surface area contributed by atoms with Gasteiger partial charge in [0.1, 0.15) is 0 Å². The number of rotatable bonds is 2. The maximum absolute atomic E-state index is 10.5. The minimum atomic E-state index is -1.07. The molecule has 0 aliphatic heterocycles. The first kappa shape index (κ1) is 9.80. The first-order chi connectivity index (χ1) is 6.02. The molecule has 66 valence electrons. The predicted molar refractivity (Wildman–Crippen MR) is 45.7 cm³/mol. The summed E-state index contributed by atoms with van der Waals surface area (Å²) in [7, 11) is 0. The van der Waals surface area contributed by atoms with Gasteiger partial charge in [-0.3, -0.25) is 0 Å². The molecule has 1 aromatic carbocycles. The van der Waals surface area contributed by atoms with Gasteiger partial charge in [0, 0.05) is 0 Å². The third-order valence-corrected chi connectivity index (χ3v) is 2.25. The standard InChI is InChI=1S/C8H5AsO4/c9-6-3-4(7(10)11)1-2-5(6)8(12)13/h1-3H,(H,10,11)(H,12,13). The fraction of sp³-hybridized carbons (Fsp3) is 0. The van der Waals surface area contributed by atoms with E-state index >= 15 is 0 Å². The summed E-state index contributed by atoms with van der Waals surface area (Å²) in [6, 6.07) is 3.86. The zero-order chi connectivity index (χ0) is 10.0. The van der Waals surface area contributed by atoms with Gasteiger partial charge in [-0.2, -0.15) is 0 Å². The van der Waals surface area contributed by atoms with E-state index in [-0.39, 0.29) is 11.1 Å². The molecule has 0 heterocycles. The van der Waals surface area contributed by atoms with Crippen LogP contribution in [0.1, 0.15) is 20.7 Å². The molecule has 0 fully saturated rings. The van der Waals surface area contributed by atoms with Gasteiger partial charge < -0.3 is 0 Å². The summed E-state index contributed by atoms with van der Waals surface area (Å²) >= 11 is 2.03. The molecule has 0 unspecified atom stereocenters. The average Bonchev–Trinajstić information content (AvgIpc) is 2.03. The predicted octanol–water partition coefficient (Wildman–Crippen LogP) is -0.123. The van der Waals surface area contributed by atoms with Crippen molar-refractivity contribution in [2.75, 3.05) is 0 Å². The van der Waals surface area contributed by atoms with Crippen molar-refractivity contribution in [2.45, 2.75) is 0 Å². The van der Waals surface area contributed by atoms with Crippen LogP contribution in [0.25, 0.3) is 0 Å². The molecule has 13 heavy (non-hydrogen) atoms. The van der Waals surface area contributed by atoms with Crippen LogP contribution in [0.3, 0.4) is 0 Å². The molecular formula is C8H5AsO4. The normalized spacial score (nSPS) is 9.62. The van der Waals surface area contributed by atoms with Crippen LogP contribution >= 0.6 is 0 Å². The van der Waals surface area contributed by atoms with Gasteiger partial charge in [-0.1, -0.05) is 0 Å². The Morgan fingerprint density at radius 1 is 1.15 bits per heavy atom. The number of aromatic carboxylic acids is 2. The molecule has 0 aliphatic carbocycles. The summed E-state index contributed by atoms with van der Waals surface area (Å²) in [4.78, 5) is 21.0. The molecule has 0 aliphatic rings. The van der Waals surface area contributed by atoms with Crippen molar-refractivity contribution in [3.8, 4) is 0 Å². The summed E-state index contributed by atoms with van der Waals surface area (Å²) < 4.78 is 0.389. The Labute approximate surface area is 82.7 Å². The third kappa shape index (κ3) is 2.10.